The number of anilines is 2. The largest absolute Gasteiger partial charge is 0.495 e. The maximum atomic E-state index is 12.3. The molecular formula is C20H23N3O5. The highest BCUT2D eigenvalue weighted by Gasteiger charge is 2.15. The number of amides is 3. The summed E-state index contributed by atoms with van der Waals surface area (Å²) >= 11 is 0. The molecule has 8 nitrogen and oxygen atoms in total. The van der Waals surface area contributed by atoms with Crippen LogP contribution in [0.5, 0.6) is 5.75 Å². The highest BCUT2D eigenvalue weighted by atomic mass is 16.5. The summed E-state index contributed by atoms with van der Waals surface area (Å²) in [6.45, 7) is 1.53. The van der Waals surface area contributed by atoms with Crippen LogP contribution in [0.1, 0.15) is 11.1 Å². The lowest BCUT2D eigenvalue weighted by molar-refractivity contribution is -0.143. The van der Waals surface area contributed by atoms with Crippen LogP contribution in [-0.4, -0.2) is 48.6 Å². The maximum absolute atomic E-state index is 12.3. The third kappa shape index (κ3) is 5.73. The van der Waals surface area contributed by atoms with Gasteiger partial charge < -0.3 is 25.4 Å². The average Bonchev–Trinajstić information content (AvgIpc) is 2.64. The van der Waals surface area contributed by atoms with Crippen LogP contribution in [-0.2, 0) is 16.0 Å². The fourth-order valence-electron chi connectivity index (χ4n) is 2.54. The number of ether oxygens (including phenoxy) is 1. The number of likely N-dealkylation sites (N-methyl/N-ethyl adjacent to an activating group) is 1. The van der Waals surface area contributed by atoms with Crippen LogP contribution in [0.4, 0.5) is 16.2 Å². The van der Waals surface area contributed by atoms with Crippen LogP contribution < -0.4 is 15.4 Å². The van der Waals surface area contributed by atoms with Crippen molar-refractivity contribution in [3.63, 3.8) is 0 Å². The number of para-hydroxylation sites is 1. The molecule has 0 bridgehead atoms. The number of nitrogens with zero attached hydrogens (tertiary/aromatic N) is 1. The Balaban J connectivity index is 2.06. The predicted molar refractivity (Wildman–Crippen MR) is 106 cm³/mol. The Morgan fingerprint density at radius 2 is 1.75 bits per heavy atom. The van der Waals surface area contributed by atoms with Crippen molar-refractivity contribution < 1.29 is 24.2 Å². The number of carbonyl (C=O) groups excluding carboxylic acids is 2. The van der Waals surface area contributed by atoms with Gasteiger partial charge in [-0.05, 0) is 36.2 Å². The molecule has 0 aliphatic rings. The number of carbonyl (C=O) groups is 3. The molecule has 2 aromatic rings. The van der Waals surface area contributed by atoms with Gasteiger partial charge in [-0.15, -0.1) is 0 Å². The van der Waals surface area contributed by atoms with E-state index in [0.717, 1.165) is 10.5 Å². The summed E-state index contributed by atoms with van der Waals surface area (Å²) in [5, 5.41) is 14.3. The van der Waals surface area contributed by atoms with E-state index < -0.39 is 12.0 Å². The molecule has 0 heterocycles. The molecule has 0 fully saturated rings. The zero-order valence-corrected chi connectivity index (χ0v) is 16.0. The van der Waals surface area contributed by atoms with Crippen molar-refractivity contribution >= 4 is 29.3 Å². The summed E-state index contributed by atoms with van der Waals surface area (Å²) < 4.78 is 5.31. The quantitative estimate of drug-likeness (QED) is 0.679. The standard InChI is InChI=1S/C20H23N3O5/c1-13-6-4-5-7-15(13)21-20(27)22-16-9-8-14(10-17(16)28-3)11-18(24)23(2)12-19(25)26/h4-10H,11-12H2,1-3H3,(H,25,26)(H2,21,22,27). The van der Waals surface area contributed by atoms with Gasteiger partial charge in [0, 0.05) is 12.7 Å². The molecule has 0 saturated carbocycles. The summed E-state index contributed by atoms with van der Waals surface area (Å²) in [6.07, 6.45) is 0.0236. The van der Waals surface area contributed by atoms with Crippen LogP contribution in [0.25, 0.3) is 0 Å². The molecule has 2 aromatic carbocycles. The highest BCUT2D eigenvalue weighted by Crippen LogP contribution is 2.26. The SMILES string of the molecule is COc1cc(CC(=O)N(C)CC(=O)O)ccc1NC(=O)Nc1ccccc1C. The Morgan fingerprint density at radius 1 is 1.07 bits per heavy atom. The van der Waals surface area contributed by atoms with Crippen molar-refractivity contribution in [3.8, 4) is 5.75 Å². The molecule has 0 unspecified atom stereocenters. The van der Waals surface area contributed by atoms with Crippen molar-refractivity contribution in [2.75, 3.05) is 31.3 Å². The molecule has 0 spiro atoms. The van der Waals surface area contributed by atoms with E-state index in [1.807, 2.05) is 25.1 Å². The third-order valence-corrected chi connectivity index (χ3v) is 4.06. The average molecular weight is 385 g/mol. The normalized spacial score (nSPS) is 10.1. The summed E-state index contributed by atoms with van der Waals surface area (Å²) in [5.41, 5.74) is 2.72. The first-order valence-corrected chi connectivity index (χ1v) is 8.56. The van der Waals surface area contributed by atoms with Gasteiger partial charge in [-0.1, -0.05) is 24.3 Å². The second-order valence-corrected chi connectivity index (χ2v) is 6.25. The van der Waals surface area contributed by atoms with Gasteiger partial charge in [-0.3, -0.25) is 9.59 Å². The first-order chi connectivity index (χ1) is 13.3. The fourth-order valence-corrected chi connectivity index (χ4v) is 2.54. The van der Waals surface area contributed by atoms with Crippen molar-refractivity contribution in [3.05, 3.63) is 53.6 Å². The number of nitrogens with one attached hydrogen (secondary N) is 2. The second-order valence-electron chi connectivity index (χ2n) is 6.25. The molecule has 0 aliphatic heterocycles. The van der Waals surface area contributed by atoms with Crippen LogP contribution in [0.15, 0.2) is 42.5 Å². The van der Waals surface area contributed by atoms with Gasteiger partial charge in [0.2, 0.25) is 5.91 Å². The first-order valence-electron chi connectivity index (χ1n) is 8.56. The van der Waals surface area contributed by atoms with E-state index in [9.17, 15) is 14.4 Å². The molecular weight excluding hydrogens is 362 g/mol. The number of benzene rings is 2. The molecule has 0 radical (unpaired) electrons. The van der Waals surface area contributed by atoms with Crippen LogP contribution in [0.2, 0.25) is 0 Å². The molecule has 148 valence electrons. The molecule has 0 atom stereocenters. The van der Waals surface area contributed by atoms with E-state index in [1.54, 1.807) is 24.3 Å². The minimum absolute atomic E-state index is 0.0236. The zero-order chi connectivity index (χ0) is 20.7. The zero-order valence-electron chi connectivity index (χ0n) is 16.0. The Bertz CT molecular complexity index is 882. The fraction of sp³-hybridized carbons (Fsp3) is 0.250. The lowest BCUT2D eigenvalue weighted by atomic mass is 10.1. The number of aryl methyl sites for hydroxylation is 1. The van der Waals surface area contributed by atoms with Gasteiger partial charge in [0.05, 0.1) is 19.2 Å². The Labute approximate surface area is 163 Å². The van der Waals surface area contributed by atoms with Gasteiger partial charge in [0.1, 0.15) is 12.3 Å². The lowest BCUT2D eigenvalue weighted by Crippen LogP contribution is -2.33. The maximum Gasteiger partial charge on any atom is 0.323 e. The Kier molecular flexibility index (Phi) is 6.97. The Hall–Kier alpha value is -3.55. The minimum Gasteiger partial charge on any atom is -0.495 e. The monoisotopic (exact) mass is 385 g/mol. The molecule has 3 amide bonds. The lowest BCUT2D eigenvalue weighted by Gasteiger charge is -2.16. The molecule has 0 aromatic heterocycles. The molecule has 2 rings (SSSR count). The number of hydrogen-bond acceptors (Lipinski definition) is 4. The van der Waals surface area contributed by atoms with Crippen LogP contribution in [0, 0.1) is 6.92 Å². The molecule has 0 saturated heterocycles. The van der Waals surface area contributed by atoms with Gasteiger partial charge in [-0.25, -0.2) is 4.79 Å². The van der Waals surface area contributed by atoms with E-state index in [-0.39, 0.29) is 18.9 Å². The molecule has 28 heavy (non-hydrogen) atoms. The molecule has 0 aliphatic carbocycles. The molecule has 8 heteroatoms. The second kappa shape index (κ2) is 9.40. The highest BCUT2D eigenvalue weighted by molar-refractivity contribution is 6.01. The van der Waals surface area contributed by atoms with Crippen molar-refractivity contribution in [2.24, 2.45) is 0 Å². The van der Waals surface area contributed by atoms with E-state index in [0.29, 0.717) is 22.7 Å². The molecule has 3 N–H and O–H groups in total. The van der Waals surface area contributed by atoms with E-state index in [4.69, 9.17) is 9.84 Å². The van der Waals surface area contributed by atoms with E-state index >= 15 is 0 Å². The van der Waals surface area contributed by atoms with Gasteiger partial charge in [-0.2, -0.15) is 0 Å². The van der Waals surface area contributed by atoms with Crippen molar-refractivity contribution in [1.82, 2.24) is 4.90 Å². The number of rotatable bonds is 7. The predicted octanol–water partition coefficient (Wildman–Crippen LogP) is 2.73. The number of hydrogen-bond donors (Lipinski definition) is 3. The van der Waals surface area contributed by atoms with Crippen molar-refractivity contribution in [1.29, 1.82) is 0 Å². The first kappa shape index (κ1) is 20.8. The van der Waals surface area contributed by atoms with Crippen LogP contribution >= 0.6 is 0 Å². The smallest absolute Gasteiger partial charge is 0.323 e. The van der Waals surface area contributed by atoms with Gasteiger partial charge in [0.15, 0.2) is 0 Å². The number of methoxy groups -OCH3 is 1. The minimum atomic E-state index is -1.08. The topological polar surface area (TPSA) is 108 Å². The van der Waals surface area contributed by atoms with Gasteiger partial charge >= 0.3 is 12.0 Å². The number of urea groups is 1. The van der Waals surface area contributed by atoms with E-state index in [2.05, 4.69) is 10.6 Å². The Morgan fingerprint density at radius 3 is 2.39 bits per heavy atom. The summed E-state index contributed by atoms with van der Waals surface area (Å²) in [7, 11) is 2.89. The number of carboxylic acids is 1. The number of aliphatic carboxylic acids is 1. The van der Waals surface area contributed by atoms with Crippen LogP contribution in [0.3, 0.4) is 0 Å². The summed E-state index contributed by atoms with van der Waals surface area (Å²) in [5.74, 6) is -1.01. The summed E-state index contributed by atoms with van der Waals surface area (Å²) in [4.78, 5) is 36.2. The summed E-state index contributed by atoms with van der Waals surface area (Å²) in [6, 6.07) is 11.9. The van der Waals surface area contributed by atoms with Gasteiger partial charge in [0.25, 0.3) is 0 Å². The van der Waals surface area contributed by atoms with Crippen molar-refractivity contribution in [2.45, 2.75) is 13.3 Å². The third-order valence-electron chi connectivity index (χ3n) is 4.06. The van der Waals surface area contributed by atoms with E-state index in [1.165, 1.54) is 14.2 Å². The number of carboxylic acid groups (broad SMARTS) is 1.